The van der Waals surface area contributed by atoms with Gasteiger partial charge in [-0.2, -0.15) is 12.6 Å². The lowest BCUT2D eigenvalue weighted by Gasteiger charge is -2.23. The molecule has 6 atom stereocenters. The molecule has 0 bridgehead atoms. The summed E-state index contributed by atoms with van der Waals surface area (Å²) >= 11 is 5.35. The van der Waals surface area contributed by atoms with Gasteiger partial charge in [0.2, 0.25) is 36.2 Å². The van der Waals surface area contributed by atoms with Crippen LogP contribution in [0, 0.1) is 0 Å². The first-order valence-corrected chi connectivity index (χ1v) is 39.4. The van der Waals surface area contributed by atoms with E-state index in [1.54, 1.807) is 32.5 Å². The van der Waals surface area contributed by atoms with Gasteiger partial charge in [-0.1, -0.05) is 84.7 Å². The van der Waals surface area contributed by atoms with Gasteiger partial charge in [-0.15, -0.1) is 30.6 Å². The van der Waals surface area contributed by atoms with Gasteiger partial charge < -0.3 is 123 Å². The van der Waals surface area contributed by atoms with E-state index in [4.69, 9.17) is 61.5 Å². The molecule has 27 N–H and O–H groups in total. The average molecular weight is 1580 g/mol. The number of rotatable bonds is 35. The average Bonchev–Trinajstić information content (AvgIpc) is 1.88. The molecule has 0 radical (unpaired) electrons. The highest BCUT2D eigenvalue weighted by molar-refractivity contribution is 8.77. The number of primary amides is 1. The molecule has 0 aromatic heterocycles. The van der Waals surface area contributed by atoms with E-state index in [0.717, 1.165) is 42.6 Å². The number of nitrogens with two attached hydrogens (primary N) is 9. The van der Waals surface area contributed by atoms with Crippen LogP contribution in [0.2, 0.25) is 0 Å². The molecule has 1 aliphatic heterocycles. The normalized spacial score (nSPS) is 13.8. The minimum absolute atomic E-state index is 0.0910. The molecule has 6 amide bonds. The minimum Gasteiger partial charge on any atom is -0.550 e. The van der Waals surface area contributed by atoms with Crippen LogP contribution < -0.4 is 110 Å². The fourth-order valence-electron chi connectivity index (χ4n) is 4.82. The quantitative estimate of drug-likeness (QED) is 0.00533. The van der Waals surface area contributed by atoms with Gasteiger partial charge in [0, 0.05) is 119 Å². The molecule has 1 saturated heterocycles. The summed E-state index contributed by atoms with van der Waals surface area (Å²) < 4.78 is 0.750. The lowest BCUT2D eigenvalue weighted by molar-refractivity contribution is -0.306. The van der Waals surface area contributed by atoms with Gasteiger partial charge in [-0.3, -0.25) is 43.7 Å². The number of aliphatic hydroxyl groups is 1. The highest BCUT2D eigenvalue weighted by Gasteiger charge is 2.26. The van der Waals surface area contributed by atoms with Gasteiger partial charge in [0.15, 0.2) is 0 Å². The number of carbonyl (C=O) groups is 13. The van der Waals surface area contributed by atoms with Crippen LogP contribution >= 0.6 is 75.5 Å². The van der Waals surface area contributed by atoms with Crippen molar-refractivity contribution in [2.45, 2.75) is 185 Å². The lowest BCUT2D eigenvalue weighted by atomic mass is 10.1. The maximum atomic E-state index is 11.7. The predicted octanol–water partition coefficient (Wildman–Crippen LogP) is -6.79. The minimum atomic E-state index is -1.21. The van der Waals surface area contributed by atoms with Crippen molar-refractivity contribution in [3.05, 3.63) is 0 Å². The van der Waals surface area contributed by atoms with Crippen LogP contribution in [0.25, 0.3) is 0 Å². The summed E-state index contributed by atoms with van der Waals surface area (Å²) in [6.07, 6.45) is 0.497. The molecular formula is C58H119N17O19PS6-3. The number of hydrogen-bond donors (Lipinski definition) is 19. The zero-order valence-corrected chi connectivity index (χ0v) is 66.9. The Kier molecular flexibility index (Phi) is 69.6. The van der Waals surface area contributed by atoms with Gasteiger partial charge in [-0.25, -0.2) is 9.59 Å². The number of carboxylic acid groups (broad SMARTS) is 3. The van der Waals surface area contributed by atoms with Crippen LogP contribution in [0.5, 0.6) is 0 Å². The van der Waals surface area contributed by atoms with Crippen LogP contribution in [0.1, 0.15) is 123 Å². The molecule has 6 unspecified atom stereocenters. The zero-order valence-electron chi connectivity index (χ0n) is 61.0. The smallest absolute Gasteiger partial charge is 0.343 e. The van der Waals surface area contributed by atoms with E-state index in [1.165, 1.54) is 0 Å². The van der Waals surface area contributed by atoms with E-state index in [9.17, 15) is 77.6 Å². The third kappa shape index (κ3) is 87.9. The van der Waals surface area contributed by atoms with Crippen molar-refractivity contribution >= 4 is 153 Å². The second-order valence-electron chi connectivity index (χ2n) is 25.7. The van der Waals surface area contributed by atoms with E-state index in [-0.39, 0.29) is 105 Å². The highest BCUT2D eigenvalue weighted by atomic mass is 33.1. The first kappa shape index (κ1) is 110. The Hall–Kier alpha value is -4.44. The molecule has 0 aliphatic carbocycles. The van der Waals surface area contributed by atoms with E-state index in [0.29, 0.717) is 16.0 Å². The van der Waals surface area contributed by atoms with Crippen LogP contribution in [-0.4, -0.2) is 245 Å². The number of hydroxylamine groups is 2. The zero-order chi connectivity index (χ0) is 80.3. The number of carboxylic acids is 3. The number of nitrogens with one attached hydrogen (secondary N) is 8. The number of thiol groups is 1. The third-order valence-corrected chi connectivity index (χ3v) is 20.2. The van der Waals surface area contributed by atoms with Crippen molar-refractivity contribution in [1.29, 1.82) is 0 Å². The molecule has 101 heavy (non-hydrogen) atoms. The van der Waals surface area contributed by atoms with Gasteiger partial charge in [0.05, 0.1) is 6.61 Å². The van der Waals surface area contributed by atoms with Crippen molar-refractivity contribution in [3.8, 4) is 0 Å². The first-order valence-electron chi connectivity index (χ1n) is 31.2. The molecule has 0 spiro atoms. The third-order valence-electron chi connectivity index (χ3n) is 9.45. The van der Waals surface area contributed by atoms with Crippen molar-refractivity contribution in [2.24, 2.45) is 51.6 Å². The summed E-state index contributed by atoms with van der Waals surface area (Å²) in [4.78, 5) is 148. The maximum Gasteiger partial charge on any atom is 0.343 e. The lowest BCUT2D eigenvalue weighted by Crippen LogP contribution is -2.54. The number of carbonyl (C=O) groups excluding carboxylic acids is 13. The molecule has 0 aromatic carbocycles. The van der Waals surface area contributed by atoms with Crippen LogP contribution in [0.3, 0.4) is 0 Å². The number of hydrogen-bond acceptors (Lipinski definition) is 36. The molecule has 1 rings (SSSR count). The predicted molar refractivity (Wildman–Crippen MR) is 401 cm³/mol. The molecule has 0 saturated carbocycles. The van der Waals surface area contributed by atoms with E-state index < -0.39 is 104 Å². The highest BCUT2D eigenvalue weighted by Crippen LogP contribution is 2.37. The number of aliphatic carboxylic acids is 3. The fraction of sp³-hybridized carbons (Fsp3) is 0.776. The van der Waals surface area contributed by atoms with Crippen molar-refractivity contribution < 1.29 is 92.4 Å². The molecule has 1 aliphatic rings. The fourth-order valence-corrected chi connectivity index (χ4v) is 12.2. The molecule has 43 heteroatoms. The second-order valence-corrected chi connectivity index (χ2v) is 36.5. The Morgan fingerprint density at radius 1 is 0.564 bits per heavy atom. The summed E-state index contributed by atoms with van der Waals surface area (Å²) in [7, 11) is 6.57. The molecule has 594 valence electrons. The van der Waals surface area contributed by atoms with E-state index >= 15 is 0 Å². The summed E-state index contributed by atoms with van der Waals surface area (Å²) in [5.74, 6) is -4.53. The molecule has 1 fully saturated rings. The van der Waals surface area contributed by atoms with E-state index in [1.807, 2.05) is 84.7 Å². The van der Waals surface area contributed by atoms with Crippen molar-refractivity contribution in [2.75, 3.05) is 100 Å². The largest absolute Gasteiger partial charge is 0.550 e. The first-order chi connectivity index (χ1) is 46.2. The SMILES string of the molecule is CC(C)(C)NC(=O)C(N)CNC(=O)C1NCCS1.CC(C)(C)NOC(=O)C(N)CNC(=O)C(N)CO.CC(C)(C)NOC(=O)C(N)CNC(=O)C=O.CC(C)(C)SSCCN.CC(C)(C)SSCCN.NC(=O)C(N)CNC(=O)C=O.NCCS.O=C([O-])CCP(CCC(=O)[O-])CCC(=O)[O-]. The Labute approximate surface area is 622 Å². The number of thioether (sulfide) groups is 1. The van der Waals surface area contributed by atoms with Crippen LogP contribution in [0.15, 0.2) is 0 Å². The van der Waals surface area contributed by atoms with Crippen molar-refractivity contribution in [3.63, 3.8) is 0 Å². The molecular weight excluding hydrogens is 1460 g/mol. The van der Waals surface area contributed by atoms with Gasteiger partial charge in [0.1, 0.15) is 35.6 Å². The Balaban J connectivity index is -0.000000205. The molecule has 36 nitrogen and oxygen atoms in total. The maximum absolute atomic E-state index is 11.7. The standard InChI is InChI=1S/C11H22N4O2S.C10H22N4O4.C9H17N3O4.C9H15O6P.2C6H15NS2.C5H9N3O3.C2H7NS/c1-11(2,3)15-8(16)7(12)6-14-9(17)10-13-4-5-18-10;1-10(2,3)14-18-9(17)6(11)4-13-8(16)7(12)5-15;1-9(2,3)12-16-8(15)6(10)4-11-7(14)5-13;10-7(11)1-4-16(5-2-8(12)13)6-3-9(14)15;2*1-6(2,3)9-8-5-4-7;6-3(5(7)11)1-8-4(10)2-9;3-1-2-4/h7,10,13H,4-6,12H2,1-3H3,(H,14,17)(H,15,16);6-7,14-15H,4-5,11-12H2,1-3H3,(H,13,16);5-6,12H,4,10H2,1-3H3,(H,11,14);1-6H2,(H,10,11)(H,12,13)(H,14,15);2*4-5,7H2,1-3H3;2-3H,1,6H2,(H2,7,11)(H,8,10);4H,1-3H2/p-3. The number of aliphatic hydroxyl groups excluding tert-OH is 1. The van der Waals surface area contributed by atoms with Gasteiger partial charge in [0.25, 0.3) is 11.8 Å². The Morgan fingerprint density at radius 3 is 1.20 bits per heavy atom. The van der Waals surface area contributed by atoms with Crippen LogP contribution in [-0.2, 0) is 72.0 Å². The van der Waals surface area contributed by atoms with E-state index in [2.05, 4.69) is 102 Å². The van der Waals surface area contributed by atoms with Gasteiger partial charge >= 0.3 is 11.9 Å². The summed E-state index contributed by atoms with van der Waals surface area (Å²) in [6, 6.07) is -4.71. The summed E-state index contributed by atoms with van der Waals surface area (Å²) in [6.45, 7) is 32.1. The Morgan fingerprint density at radius 2 is 0.921 bits per heavy atom. The van der Waals surface area contributed by atoms with Crippen LogP contribution in [0.4, 0.5) is 0 Å². The summed E-state index contributed by atoms with van der Waals surface area (Å²) in [5.41, 5.74) is 51.3. The number of aldehydes is 2. The topological polar surface area (TPSA) is 660 Å². The second kappa shape index (κ2) is 64.0. The summed E-state index contributed by atoms with van der Waals surface area (Å²) in [5, 5.41) is 54.2. The molecule has 1 heterocycles. The van der Waals surface area contributed by atoms with Gasteiger partial charge in [-0.05, 0) is 100 Å². The number of amides is 6. The molecule has 0 aromatic rings. The van der Waals surface area contributed by atoms with Crippen molar-refractivity contribution in [1.82, 2.24) is 42.9 Å². The Bertz CT molecular complexity index is 2290. The monoisotopic (exact) mass is 1580 g/mol.